The van der Waals surface area contributed by atoms with Gasteiger partial charge in [-0.15, -0.1) is 0 Å². The average Bonchev–Trinajstić information content (AvgIpc) is 3.08. The van der Waals surface area contributed by atoms with Crippen LogP contribution >= 0.6 is 23.2 Å². The van der Waals surface area contributed by atoms with Crippen molar-refractivity contribution >= 4 is 29.1 Å². The molecule has 1 aromatic carbocycles. The summed E-state index contributed by atoms with van der Waals surface area (Å²) in [6, 6.07) is 6.91. The second-order valence-electron chi connectivity index (χ2n) is 5.53. The Morgan fingerprint density at radius 3 is 2.61 bits per heavy atom. The van der Waals surface area contributed by atoms with E-state index in [4.69, 9.17) is 23.2 Å². The molecule has 3 rings (SSSR count). The number of aromatic nitrogens is 2. The second kappa shape index (κ2) is 7.34. The van der Waals surface area contributed by atoms with Crippen molar-refractivity contribution < 1.29 is 4.79 Å². The molecule has 1 aliphatic heterocycles. The maximum absolute atomic E-state index is 12.6. The summed E-state index contributed by atoms with van der Waals surface area (Å²) in [6.07, 6.45) is 3.74. The highest BCUT2D eigenvalue weighted by molar-refractivity contribution is 6.35. The second-order valence-corrected chi connectivity index (χ2v) is 6.37. The molecule has 0 saturated carbocycles. The SMILES string of the molecule is O=C(c1cc(Cl)ccc1Cl)N1CCN(CCn2cccn2)CC1. The van der Waals surface area contributed by atoms with Crippen LogP contribution in [0, 0.1) is 0 Å². The molecule has 1 fully saturated rings. The Hall–Kier alpha value is -1.56. The fourth-order valence-electron chi connectivity index (χ4n) is 2.68. The molecule has 0 spiro atoms. The Bertz CT molecular complexity index is 667. The summed E-state index contributed by atoms with van der Waals surface area (Å²) in [7, 11) is 0. The van der Waals surface area contributed by atoms with Crippen LogP contribution in [-0.4, -0.2) is 58.2 Å². The fourth-order valence-corrected chi connectivity index (χ4v) is 3.05. The van der Waals surface area contributed by atoms with Crippen molar-refractivity contribution in [2.24, 2.45) is 0 Å². The van der Waals surface area contributed by atoms with Gasteiger partial charge in [0.05, 0.1) is 17.1 Å². The molecule has 0 unspecified atom stereocenters. The first kappa shape index (κ1) is 16.3. The standard InChI is InChI=1S/C16H18Cl2N4O/c17-13-2-3-15(18)14(12-13)16(23)21-9-6-20(7-10-21)8-11-22-5-1-4-19-22/h1-5,12H,6-11H2. The van der Waals surface area contributed by atoms with Gasteiger partial charge in [-0.3, -0.25) is 14.4 Å². The summed E-state index contributed by atoms with van der Waals surface area (Å²) in [6.45, 7) is 4.89. The number of benzene rings is 1. The topological polar surface area (TPSA) is 41.4 Å². The van der Waals surface area contributed by atoms with Gasteiger partial charge in [0.2, 0.25) is 0 Å². The molecule has 5 nitrogen and oxygen atoms in total. The van der Waals surface area contributed by atoms with Crippen LogP contribution in [0.15, 0.2) is 36.7 Å². The van der Waals surface area contributed by atoms with E-state index in [0.29, 0.717) is 28.7 Å². The van der Waals surface area contributed by atoms with E-state index in [-0.39, 0.29) is 5.91 Å². The predicted molar refractivity (Wildman–Crippen MR) is 91.0 cm³/mol. The van der Waals surface area contributed by atoms with Gasteiger partial charge in [0.1, 0.15) is 0 Å². The number of amides is 1. The molecule has 0 N–H and O–H groups in total. The monoisotopic (exact) mass is 352 g/mol. The van der Waals surface area contributed by atoms with E-state index in [0.717, 1.165) is 26.2 Å². The van der Waals surface area contributed by atoms with Crippen molar-refractivity contribution in [1.29, 1.82) is 0 Å². The Morgan fingerprint density at radius 2 is 1.91 bits per heavy atom. The Kier molecular flexibility index (Phi) is 5.20. The van der Waals surface area contributed by atoms with Gasteiger partial charge in [0.15, 0.2) is 0 Å². The van der Waals surface area contributed by atoms with E-state index in [9.17, 15) is 4.79 Å². The predicted octanol–water partition coefficient (Wildman–Crippen LogP) is 2.65. The van der Waals surface area contributed by atoms with Gasteiger partial charge in [-0.2, -0.15) is 5.10 Å². The third kappa shape index (κ3) is 4.05. The number of hydrogen-bond donors (Lipinski definition) is 0. The maximum atomic E-state index is 12.6. The van der Waals surface area contributed by atoms with Crippen LogP contribution in [0.5, 0.6) is 0 Å². The van der Waals surface area contributed by atoms with Crippen molar-refractivity contribution in [3.05, 3.63) is 52.3 Å². The number of rotatable bonds is 4. The largest absolute Gasteiger partial charge is 0.336 e. The smallest absolute Gasteiger partial charge is 0.255 e. The van der Waals surface area contributed by atoms with Crippen molar-refractivity contribution in [2.75, 3.05) is 32.7 Å². The molecular formula is C16H18Cl2N4O. The molecule has 1 saturated heterocycles. The van der Waals surface area contributed by atoms with Gasteiger partial charge < -0.3 is 4.90 Å². The van der Waals surface area contributed by atoms with Crippen molar-refractivity contribution in [2.45, 2.75) is 6.54 Å². The summed E-state index contributed by atoms with van der Waals surface area (Å²) in [5.74, 6) is -0.0516. The van der Waals surface area contributed by atoms with E-state index in [1.807, 2.05) is 21.8 Å². The summed E-state index contributed by atoms with van der Waals surface area (Å²) in [5.41, 5.74) is 0.476. The highest BCUT2D eigenvalue weighted by Crippen LogP contribution is 2.22. The third-order valence-electron chi connectivity index (χ3n) is 4.02. The van der Waals surface area contributed by atoms with Gasteiger partial charge in [-0.1, -0.05) is 23.2 Å². The zero-order valence-electron chi connectivity index (χ0n) is 12.7. The molecule has 0 atom stereocenters. The highest BCUT2D eigenvalue weighted by atomic mass is 35.5. The molecule has 0 radical (unpaired) electrons. The molecule has 2 aromatic rings. The van der Waals surface area contributed by atoms with E-state index in [1.54, 1.807) is 24.4 Å². The van der Waals surface area contributed by atoms with Crippen molar-refractivity contribution in [3.63, 3.8) is 0 Å². The number of piperazine rings is 1. The average molecular weight is 353 g/mol. The van der Waals surface area contributed by atoms with Crippen LogP contribution in [0.1, 0.15) is 10.4 Å². The third-order valence-corrected chi connectivity index (χ3v) is 4.59. The molecule has 0 aliphatic carbocycles. The lowest BCUT2D eigenvalue weighted by molar-refractivity contribution is 0.0632. The van der Waals surface area contributed by atoms with Gasteiger partial charge in [-0.05, 0) is 24.3 Å². The van der Waals surface area contributed by atoms with Gasteiger partial charge in [-0.25, -0.2) is 0 Å². The molecule has 1 amide bonds. The van der Waals surface area contributed by atoms with Crippen LogP contribution in [0.2, 0.25) is 10.0 Å². The summed E-state index contributed by atoms with van der Waals surface area (Å²) in [4.78, 5) is 16.7. The van der Waals surface area contributed by atoms with Crippen LogP contribution < -0.4 is 0 Å². The van der Waals surface area contributed by atoms with Crippen molar-refractivity contribution in [3.8, 4) is 0 Å². The lowest BCUT2D eigenvalue weighted by Gasteiger charge is -2.34. The molecule has 1 aliphatic rings. The summed E-state index contributed by atoms with van der Waals surface area (Å²) < 4.78 is 1.92. The lowest BCUT2D eigenvalue weighted by atomic mass is 10.1. The van der Waals surface area contributed by atoms with Gasteiger partial charge >= 0.3 is 0 Å². The Morgan fingerprint density at radius 1 is 1.13 bits per heavy atom. The van der Waals surface area contributed by atoms with E-state index >= 15 is 0 Å². The van der Waals surface area contributed by atoms with E-state index in [2.05, 4.69) is 10.00 Å². The Labute approximate surface area is 145 Å². The van der Waals surface area contributed by atoms with Crippen LogP contribution in [0.3, 0.4) is 0 Å². The minimum Gasteiger partial charge on any atom is -0.336 e. The molecule has 2 heterocycles. The van der Waals surface area contributed by atoms with Crippen LogP contribution in [-0.2, 0) is 6.54 Å². The molecular weight excluding hydrogens is 335 g/mol. The summed E-state index contributed by atoms with van der Waals surface area (Å²) >= 11 is 12.1. The van der Waals surface area contributed by atoms with Crippen molar-refractivity contribution in [1.82, 2.24) is 19.6 Å². The molecule has 0 bridgehead atoms. The number of carbonyl (C=O) groups is 1. The Balaban J connectivity index is 1.54. The quantitative estimate of drug-likeness (QED) is 0.849. The number of hydrogen-bond acceptors (Lipinski definition) is 3. The molecule has 1 aromatic heterocycles. The van der Waals surface area contributed by atoms with Gasteiger partial charge in [0.25, 0.3) is 5.91 Å². The first-order valence-corrected chi connectivity index (χ1v) is 8.33. The molecule has 23 heavy (non-hydrogen) atoms. The minimum atomic E-state index is -0.0516. The van der Waals surface area contributed by atoms with Crippen LogP contribution in [0.25, 0.3) is 0 Å². The number of nitrogens with zero attached hydrogens (tertiary/aromatic N) is 4. The molecule has 7 heteroatoms. The fraction of sp³-hybridized carbons (Fsp3) is 0.375. The zero-order valence-corrected chi connectivity index (χ0v) is 14.2. The summed E-state index contributed by atoms with van der Waals surface area (Å²) in [5, 5.41) is 5.17. The normalized spacial score (nSPS) is 15.8. The first-order valence-electron chi connectivity index (χ1n) is 7.57. The number of carbonyl (C=O) groups excluding carboxylic acids is 1. The maximum Gasteiger partial charge on any atom is 0.255 e. The lowest BCUT2D eigenvalue weighted by Crippen LogP contribution is -2.49. The van der Waals surface area contributed by atoms with Crippen LogP contribution in [0.4, 0.5) is 0 Å². The zero-order chi connectivity index (χ0) is 16.2. The van der Waals surface area contributed by atoms with E-state index < -0.39 is 0 Å². The van der Waals surface area contributed by atoms with Gasteiger partial charge in [0, 0.05) is 50.1 Å². The van der Waals surface area contributed by atoms with E-state index in [1.165, 1.54) is 0 Å². The molecule has 122 valence electrons. The number of halogens is 2. The first-order chi connectivity index (χ1) is 11.1. The highest BCUT2D eigenvalue weighted by Gasteiger charge is 2.23. The minimum absolute atomic E-state index is 0.0516.